The summed E-state index contributed by atoms with van der Waals surface area (Å²) in [7, 11) is 0. The Balaban J connectivity index is 2.26. The van der Waals surface area contributed by atoms with Crippen molar-refractivity contribution in [1.29, 1.82) is 0 Å². The predicted molar refractivity (Wildman–Crippen MR) is 59.8 cm³/mol. The minimum atomic E-state index is -4.06. The van der Waals surface area contributed by atoms with Gasteiger partial charge in [0.15, 0.2) is 0 Å². The molecule has 0 unspecified atom stereocenters. The van der Waals surface area contributed by atoms with E-state index in [-0.39, 0.29) is 19.2 Å². The molecule has 1 heterocycles. The van der Waals surface area contributed by atoms with Crippen molar-refractivity contribution in [3.8, 4) is 0 Å². The molecule has 1 atom stereocenters. The van der Waals surface area contributed by atoms with Gasteiger partial charge in [-0.1, -0.05) is 6.92 Å². The topological polar surface area (TPSA) is 26.7 Å². The Kier molecular flexibility index (Phi) is 5.69. The van der Waals surface area contributed by atoms with E-state index >= 15 is 0 Å². The van der Waals surface area contributed by atoms with E-state index in [0.29, 0.717) is 13.1 Å². The number of aliphatic hydroxyl groups is 1. The largest absolute Gasteiger partial charge is 0.395 e. The van der Waals surface area contributed by atoms with Gasteiger partial charge in [-0.2, -0.15) is 13.2 Å². The molecule has 0 aromatic heterocycles. The summed E-state index contributed by atoms with van der Waals surface area (Å²) in [4.78, 5) is 4.00. The van der Waals surface area contributed by atoms with Crippen molar-refractivity contribution in [1.82, 2.24) is 9.80 Å². The molecule has 0 aromatic rings. The average Bonchev–Trinajstić information content (AvgIpc) is 2.29. The molecule has 1 aliphatic heterocycles. The summed E-state index contributed by atoms with van der Waals surface area (Å²) in [5.41, 5.74) is 0. The van der Waals surface area contributed by atoms with Crippen LogP contribution in [0.25, 0.3) is 0 Å². The normalized spacial score (nSPS) is 21.7. The molecule has 0 aromatic carbocycles. The van der Waals surface area contributed by atoms with Gasteiger partial charge in [-0.25, -0.2) is 0 Å². The first-order valence-corrected chi connectivity index (χ1v) is 6.10. The Morgan fingerprint density at radius 2 is 1.76 bits per heavy atom. The zero-order chi connectivity index (χ0) is 12.9. The molecular formula is C11H21F3N2O. The van der Waals surface area contributed by atoms with Crippen LogP contribution in [0, 0.1) is 0 Å². The fraction of sp³-hybridized carbons (Fsp3) is 1.00. The highest BCUT2D eigenvalue weighted by Crippen LogP contribution is 2.20. The molecule has 1 aliphatic rings. The Bertz CT molecular complexity index is 211. The molecule has 0 saturated carbocycles. The number of piperazine rings is 1. The Hall–Kier alpha value is -0.330. The summed E-state index contributed by atoms with van der Waals surface area (Å²) in [5, 5.41) is 9.15. The molecule has 102 valence electrons. The lowest BCUT2D eigenvalue weighted by Gasteiger charge is -2.38. The van der Waals surface area contributed by atoms with Crippen LogP contribution in [-0.4, -0.2) is 66.5 Å². The third kappa shape index (κ3) is 5.23. The van der Waals surface area contributed by atoms with Crippen molar-refractivity contribution < 1.29 is 18.3 Å². The van der Waals surface area contributed by atoms with Gasteiger partial charge in [0.1, 0.15) is 0 Å². The summed E-state index contributed by atoms with van der Waals surface area (Å²) in [6.45, 7) is 5.04. The highest BCUT2D eigenvalue weighted by Gasteiger charge is 2.29. The van der Waals surface area contributed by atoms with Crippen molar-refractivity contribution in [3.05, 3.63) is 0 Å². The first kappa shape index (κ1) is 14.7. The summed E-state index contributed by atoms with van der Waals surface area (Å²) >= 11 is 0. The van der Waals surface area contributed by atoms with Gasteiger partial charge >= 0.3 is 6.18 Å². The van der Waals surface area contributed by atoms with Gasteiger partial charge in [-0.15, -0.1) is 0 Å². The van der Waals surface area contributed by atoms with Crippen LogP contribution in [-0.2, 0) is 0 Å². The van der Waals surface area contributed by atoms with Crippen LogP contribution in [0.4, 0.5) is 13.2 Å². The minimum absolute atomic E-state index is 0.0905. The predicted octanol–water partition coefficient (Wildman–Crippen LogP) is 1.33. The van der Waals surface area contributed by atoms with Gasteiger partial charge < -0.3 is 10.0 Å². The van der Waals surface area contributed by atoms with Crippen LogP contribution in [0.15, 0.2) is 0 Å². The van der Waals surface area contributed by atoms with Gasteiger partial charge in [0.05, 0.1) is 13.0 Å². The monoisotopic (exact) mass is 254 g/mol. The van der Waals surface area contributed by atoms with E-state index in [1.165, 1.54) is 0 Å². The quantitative estimate of drug-likeness (QED) is 0.801. The van der Waals surface area contributed by atoms with Crippen LogP contribution in [0.2, 0.25) is 0 Å². The first-order valence-electron chi connectivity index (χ1n) is 6.10. The molecule has 6 heteroatoms. The van der Waals surface area contributed by atoms with E-state index in [9.17, 15) is 13.2 Å². The van der Waals surface area contributed by atoms with E-state index in [0.717, 1.165) is 19.5 Å². The second-order valence-electron chi connectivity index (χ2n) is 4.49. The Morgan fingerprint density at radius 3 is 2.18 bits per heavy atom. The van der Waals surface area contributed by atoms with Gasteiger partial charge in [0, 0.05) is 38.8 Å². The van der Waals surface area contributed by atoms with Gasteiger partial charge in [-0.05, 0) is 6.42 Å². The second-order valence-corrected chi connectivity index (χ2v) is 4.49. The molecule has 0 radical (unpaired) electrons. The number of hydrogen-bond donors (Lipinski definition) is 1. The summed E-state index contributed by atoms with van der Waals surface area (Å²) in [6, 6.07) is 0.153. The van der Waals surface area contributed by atoms with Crippen LogP contribution < -0.4 is 0 Å². The molecule has 1 rings (SSSR count). The highest BCUT2D eigenvalue weighted by molar-refractivity contribution is 4.77. The lowest BCUT2D eigenvalue weighted by Crippen LogP contribution is -2.51. The molecule has 0 aliphatic carbocycles. The summed E-state index contributed by atoms with van der Waals surface area (Å²) in [6.07, 6.45) is -3.92. The molecule has 0 amide bonds. The highest BCUT2D eigenvalue weighted by atomic mass is 19.4. The SMILES string of the molecule is CC[C@@H](CO)N1CCN(CCC(F)(F)F)CC1. The van der Waals surface area contributed by atoms with E-state index < -0.39 is 12.6 Å². The van der Waals surface area contributed by atoms with E-state index in [2.05, 4.69) is 4.90 Å². The zero-order valence-corrected chi connectivity index (χ0v) is 10.2. The molecule has 1 fully saturated rings. The molecule has 0 bridgehead atoms. The number of aliphatic hydroxyl groups excluding tert-OH is 1. The van der Waals surface area contributed by atoms with Crippen LogP contribution in [0.3, 0.4) is 0 Å². The standard InChI is InChI=1S/C11H21F3N2O/c1-2-10(9-17)16-7-5-15(6-8-16)4-3-11(12,13)14/h10,17H,2-9H2,1H3/t10-/m0/s1. The van der Waals surface area contributed by atoms with Gasteiger partial charge in [0.25, 0.3) is 0 Å². The first-order chi connectivity index (χ1) is 7.96. The van der Waals surface area contributed by atoms with E-state index in [1.54, 1.807) is 0 Å². The van der Waals surface area contributed by atoms with Crippen LogP contribution in [0.1, 0.15) is 19.8 Å². The van der Waals surface area contributed by atoms with Crippen LogP contribution >= 0.6 is 0 Å². The molecule has 1 N–H and O–H groups in total. The summed E-state index contributed by atoms with van der Waals surface area (Å²) in [5.74, 6) is 0. The molecule has 17 heavy (non-hydrogen) atoms. The summed E-state index contributed by atoms with van der Waals surface area (Å²) < 4.78 is 36.2. The van der Waals surface area contributed by atoms with Crippen LogP contribution in [0.5, 0.6) is 0 Å². The lowest BCUT2D eigenvalue weighted by molar-refractivity contribution is -0.139. The third-order valence-corrected chi connectivity index (χ3v) is 3.32. The molecule has 0 spiro atoms. The number of alkyl halides is 3. The van der Waals surface area contributed by atoms with E-state index in [1.807, 2.05) is 11.8 Å². The number of nitrogens with zero attached hydrogens (tertiary/aromatic N) is 2. The maximum Gasteiger partial charge on any atom is 0.390 e. The number of hydrogen-bond acceptors (Lipinski definition) is 3. The van der Waals surface area contributed by atoms with Gasteiger partial charge in [0.2, 0.25) is 0 Å². The van der Waals surface area contributed by atoms with Gasteiger partial charge in [-0.3, -0.25) is 4.90 Å². The Morgan fingerprint density at radius 1 is 1.18 bits per heavy atom. The van der Waals surface area contributed by atoms with Crippen molar-refractivity contribution in [2.45, 2.75) is 32.0 Å². The third-order valence-electron chi connectivity index (χ3n) is 3.32. The number of halogens is 3. The fourth-order valence-corrected chi connectivity index (χ4v) is 2.14. The zero-order valence-electron chi connectivity index (χ0n) is 10.2. The molecule has 1 saturated heterocycles. The average molecular weight is 254 g/mol. The Labute approximate surface area is 100 Å². The molecular weight excluding hydrogens is 233 g/mol. The maximum absolute atomic E-state index is 12.1. The smallest absolute Gasteiger partial charge is 0.390 e. The number of rotatable bonds is 5. The second kappa shape index (κ2) is 6.56. The van der Waals surface area contributed by atoms with Crippen molar-refractivity contribution in [3.63, 3.8) is 0 Å². The van der Waals surface area contributed by atoms with Crippen molar-refractivity contribution in [2.75, 3.05) is 39.3 Å². The lowest BCUT2D eigenvalue weighted by atomic mass is 10.1. The van der Waals surface area contributed by atoms with Crippen molar-refractivity contribution >= 4 is 0 Å². The van der Waals surface area contributed by atoms with E-state index in [4.69, 9.17) is 5.11 Å². The fourth-order valence-electron chi connectivity index (χ4n) is 2.14. The minimum Gasteiger partial charge on any atom is -0.395 e. The molecule has 3 nitrogen and oxygen atoms in total. The van der Waals surface area contributed by atoms with Crippen molar-refractivity contribution in [2.24, 2.45) is 0 Å². The maximum atomic E-state index is 12.1.